The number of nitrogens with zero attached hydrogens (tertiary/aromatic N) is 2. The predicted octanol–water partition coefficient (Wildman–Crippen LogP) is 1.35. The van der Waals surface area contributed by atoms with E-state index >= 15 is 0 Å². The van der Waals surface area contributed by atoms with Crippen molar-refractivity contribution in [3.05, 3.63) is 12.2 Å². The van der Waals surface area contributed by atoms with E-state index < -0.39 is 5.60 Å². The number of ether oxygens (including phenoxy) is 2. The highest BCUT2D eigenvalue weighted by atomic mass is 16.6. The zero-order chi connectivity index (χ0) is 17.2. The average Bonchev–Trinajstić information content (AvgIpc) is 2.38. The predicted molar refractivity (Wildman–Crippen MR) is 89.0 cm³/mol. The first kappa shape index (κ1) is 20.2. The molecule has 0 unspecified atom stereocenters. The molecule has 0 spiro atoms. The molecule has 0 aromatic carbocycles. The van der Waals surface area contributed by atoms with E-state index in [4.69, 9.17) is 15.2 Å². The molecule has 7 heteroatoms. The molecule has 22 heavy (non-hydrogen) atoms. The molecular weight excluding hydrogens is 284 g/mol. The molecule has 0 radical (unpaired) electrons. The van der Waals surface area contributed by atoms with Crippen LogP contribution < -0.4 is 11.1 Å². The molecule has 0 atom stereocenters. The van der Waals surface area contributed by atoms with Crippen molar-refractivity contribution < 1.29 is 14.3 Å². The maximum absolute atomic E-state index is 12.1. The highest BCUT2D eigenvalue weighted by Crippen LogP contribution is 2.09. The number of hydrogen-bond acceptors (Lipinski definition) is 4. The molecule has 3 N–H and O–H groups in total. The first-order chi connectivity index (χ1) is 10.2. The van der Waals surface area contributed by atoms with Crippen LogP contribution in [0.15, 0.2) is 17.1 Å². The minimum Gasteiger partial charge on any atom is -0.444 e. The fourth-order valence-corrected chi connectivity index (χ4v) is 1.42. The van der Waals surface area contributed by atoms with Crippen molar-refractivity contribution in [3.63, 3.8) is 0 Å². The van der Waals surface area contributed by atoms with Gasteiger partial charge >= 0.3 is 6.09 Å². The third kappa shape index (κ3) is 11.0. The van der Waals surface area contributed by atoms with Gasteiger partial charge in [0.2, 0.25) is 0 Å². The zero-order valence-electron chi connectivity index (χ0n) is 14.4. The first-order valence-corrected chi connectivity index (χ1v) is 7.30. The molecule has 1 amide bonds. The molecule has 0 saturated carbocycles. The SMILES string of the molecule is C=C(C)CN=C(N)NCCN(CCOC)C(=O)OC(C)(C)C. The minimum atomic E-state index is -0.530. The van der Waals surface area contributed by atoms with Crippen LogP contribution in [0.4, 0.5) is 4.79 Å². The Balaban J connectivity index is 4.38. The lowest BCUT2D eigenvalue weighted by Gasteiger charge is -2.27. The number of aliphatic imine (C=N–C) groups is 1. The van der Waals surface area contributed by atoms with E-state index in [9.17, 15) is 4.79 Å². The van der Waals surface area contributed by atoms with Gasteiger partial charge in [-0.05, 0) is 27.7 Å². The molecule has 0 aromatic rings. The highest BCUT2D eigenvalue weighted by molar-refractivity contribution is 5.78. The number of carbonyl (C=O) groups is 1. The van der Waals surface area contributed by atoms with E-state index in [1.54, 1.807) is 12.0 Å². The van der Waals surface area contributed by atoms with Crippen LogP contribution in [0.1, 0.15) is 27.7 Å². The van der Waals surface area contributed by atoms with Gasteiger partial charge < -0.3 is 25.4 Å². The number of hydrogen-bond donors (Lipinski definition) is 2. The third-order valence-electron chi connectivity index (χ3n) is 2.42. The number of carbonyl (C=O) groups excluding carboxylic acids is 1. The van der Waals surface area contributed by atoms with Gasteiger partial charge in [0.1, 0.15) is 5.60 Å². The zero-order valence-corrected chi connectivity index (χ0v) is 14.4. The number of nitrogens with two attached hydrogens (primary N) is 1. The van der Waals surface area contributed by atoms with E-state index in [1.165, 1.54) is 0 Å². The summed E-state index contributed by atoms with van der Waals surface area (Å²) >= 11 is 0. The third-order valence-corrected chi connectivity index (χ3v) is 2.42. The molecule has 0 rings (SSSR count). The largest absolute Gasteiger partial charge is 0.444 e. The van der Waals surface area contributed by atoms with Crippen molar-refractivity contribution >= 4 is 12.1 Å². The van der Waals surface area contributed by atoms with Gasteiger partial charge in [-0.15, -0.1) is 0 Å². The number of guanidine groups is 1. The number of nitrogens with one attached hydrogen (secondary N) is 1. The first-order valence-electron chi connectivity index (χ1n) is 7.30. The van der Waals surface area contributed by atoms with Crippen LogP contribution in [0.2, 0.25) is 0 Å². The summed E-state index contributed by atoms with van der Waals surface area (Å²) in [4.78, 5) is 17.8. The Kier molecular flexibility index (Phi) is 9.24. The topological polar surface area (TPSA) is 89.2 Å². The Hall–Kier alpha value is -1.76. The van der Waals surface area contributed by atoms with Crippen molar-refractivity contribution in [2.45, 2.75) is 33.3 Å². The van der Waals surface area contributed by atoms with Crippen molar-refractivity contribution in [1.29, 1.82) is 0 Å². The number of amides is 1. The Bertz CT molecular complexity index is 389. The number of methoxy groups -OCH3 is 1. The van der Waals surface area contributed by atoms with Crippen molar-refractivity contribution in [3.8, 4) is 0 Å². The molecule has 0 aliphatic rings. The van der Waals surface area contributed by atoms with Gasteiger partial charge in [0.05, 0.1) is 13.2 Å². The summed E-state index contributed by atoms with van der Waals surface area (Å²) in [5.74, 6) is 0.332. The second-order valence-corrected chi connectivity index (χ2v) is 6.05. The highest BCUT2D eigenvalue weighted by Gasteiger charge is 2.21. The van der Waals surface area contributed by atoms with Gasteiger partial charge in [0.15, 0.2) is 5.96 Å². The second kappa shape index (κ2) is 10.0. The lowest BCUT2D eigenvalue weighted by atomic mass is 10.2. The fourth-order valence-electron chi connectivity index (χ4n) is 1.42. The summed E-state index contributed by atoms with van der Waals surface area (Å²) in [5.41, 5.74) is 6.13. The van der Waals surface area contributed by atoms with Crippen LogP contribution in [-0.2, 0) is 9.47 Å². The molecule has 128 valence electrons. The number of rotatable bonds is 8. The van der Waals surface area contributed by atoms with E-state index in [0.29, 0.717) is 38.7 Å². The van der Waals surface area contributed by atoms with Crippen LogP contribution in [0.25, 0.3) is 0 Å². The standard InChI is InChI=1S/C15H30N4O3/c1-12(2)11-18-13(16)17-7-8-19(9-10-21-6)14(20)22-15(3,4)5/h1,7-11H2,2-6H3,(H3,16,17,18). The minimum absolute atomic E-state index is 0.332. The monoisotopic (exact) mass is 314 g/mol. The Morgan fingerprint density at radius 1 is 1.36 bits per heavy atom. The summed E-state index contributed by atoms with van der Waals surface area (Å²) in [5, 5.41) is 2.96. The van der Waals surface area contributed by atoms with Gasteiger partial charge in [-0.1, -0.05) is 12.2 Å². The average molecular weight is 314 g/mol. The fraction of sp³-hybridized carbons (Fsp3) is 0.733. The maximum atomic E-state index is 12.1. The molecule has 0 aliphatic carbocycles. The van der Waals surface area contributed by atoms with Crippen LogP contribution in [-0.4, -0.2) is 62.4 Å². The summed E-state index contributed by atoms with van der Waals surface area (Å²) in [7, 11) is 1.59. The van der Waals surface area contributed by atoms with E-state index in [-0.39, 0.29) is 6.09 Å². The summed E-state index contributed by atoms with van der Waals surface area (Å²) in [6.07, 6.45) is -0.371. The van der Waals surface area contributed by atoms with Gasteiger partial charge in [-0.2, -0.15) is 0 Å². The van der Waals surface area contributed by atoms with Gasteiger partial charge in [-0.25, -0.2) is 9.79 Å². The molecule has 0 saturated heterocycles. The molecule has 0 fully saturated rings. The normalized spacial score (nSPS) is 12.0. The Morgan fingerprint density at radius 2 is 2.00 bits per heavy atom. The van der Waals surface area contributed by atoms with Crippen molar-refractivity contribution in [2.24, 2.45) is 10.7 Å². The molecule has 0 aromatic heterocycles. The molecule has 0 heterocycles. The second-order valence-electron chi connectivity index (χ2n) is 6.05. The van der Waals surface area contributed by atoms with Gasteiger partial charge in [-0.3, -0.25) is 0 Å². The quantitative estimate of drug-likeness (QED) is 0.401. The lowest BCUT2D eigenvalue weighted by Crippen LogP contribution is -2.44. The molecule has 7 nitrogen and oxygen atoms in total. The van der Waals surface area contributed by atoms with E-state index in [2.05, 4.69) is 16.9 Å². The van der Waals surface area contributed by atoms with Crippen LogP contribution in [0.3, 0.4) is 0 Å². The summed E-state index contributed by atoms with van der Waals surface area (Å²) < 4.78 is 10.4. The van der Waals surface area contributed by atoms with Crippen LogP contribution >= 0.6 is 0 Å². The van der Waals surface area contributed by atoms with Gasteiger partial charge in [0.25, 0.3) is 0 Å². The lowest BCUT2D eigenvalue weighted by molar-refractivity contribution is 0.0206. The molecule has 0 aliphatic heterocycles. The van der Waals surface area contributed by atoms with E-state index in [1.807, 2.05) is 27.7 Å². The molecular formula is C15H30N4O3. The molecule has 0 bridgehead atoms. The summed E-state index contributed by atoms with van der Waals surface area (Å²) in [6, 6.07) is 0. The maximum Gasteiger partial charge on any atom is 0.410 e. The van der Waals surface area contributed by atoms with Crippen LogP contribution in [0, 0.1) is 0 Å². The Morgan fingerprint density at radius 3 is 2.50 bits per heavy atom. The van der Waals surface area contributed by atoms with E-state index in [0.717, 1.165) is 5.57 Å². The smallest absolute Gasteiger partial charge is 0.410 e. The van der Waals surface area contributed by atoms with Crippen LogP contribution in [0.5, 0.6) is 0 Å². The Labute approximate surface area is 133 Å². The van der Waals surface area contributed by atoms with Crippen molar-refractivity contribution in [1.82, 2.24) is 10.2 Å². The summed E-state index contributed by atoms with van der Waals surface area (Å²) in [6.45, 7) is 13.4. The van der Waals surface area contributed by atoms with Gasteiger partial charge in [0, 0.05) is 26.7 Å². The van der Waals surface area contributed by atoms with Crippen molar-refractivity contribution in [2.75, 3.05) is 39.9 Å².